The number of imide groups is 1. The first kappa shape index (κ1) is 20.6. The number of hydrogen-bond acceptors (Lipinski definition) is 5. The minimum absolute atomic E-state index is 0.0973. The van der Waals surface area contributed by atoms with Crippen LogP contribution in [0.2, 0.25) is 0 Å². The molecule has 1 unspecified atom stereocenters. The molecule has 2 heterocycles. The molecule has 160 valence electrons. The summed E-state index contributed by atoms with van der Waals surface area (Å²) in [5.41, 5.74) is 2.04. The van der Waals surface area contributed by atoms with E-state index in [1.807, 2.05) is 6.92 Å². The molecule has 4 rings (SSSR count). The zero-order valence-electron chi connectivity index (χ0n) is 17.4. The third kappa shape index (κ3) is 3.76. The summed E-state index contributed by atoms with van der Waals surface area (Å²) >= 11 is 0. The standard InChI is InChI=1S/C23H23N3O5/c1-3-25-18-11-10-15(13-19(18)31-14(2)21(25)28)24-20(27)9-6-12-26-22(29)16-7-4-5-8-17(16)23(26)30/h4-5,7-8,10-11,13-14H,3,6,9,12H2,1-2H3,(H,24,27). The number of carbonyl (C=O) groups excluding carboxylic acids is 4. The molecule has 1 atom stereocenters. The highest BCUT2D eigenvalue weighted by Crippen LogP contribution is 2.36. The Labute approximate surface area is 179 Å². The monoisotopic (exact) mass is 421 g/mol. The number of nitrogens with zero attached hydrogens (tertiary/aromatic N) is 2. The molecule has 0 radical (unpaired) electrons. The van der Waals surface area contributed by atoms with E-state index < -0.39 is 6.10 Å². The van der Waals surface area contributed by atoms with Crippen molar-refractivity contribution in [1.82, 2.24) is 4.90 Å². The van der Waals surface area contributed by atoms with Crippen molar-refractivity contribution in [3.63, 3.8) is 0 Å². The first-order valence-electron chi connectivity index (χ1n) is 10.3. The minimum atomic E-state index is -0.585. The second-order valence-electron chi connectivity index (χ2n) is 7.48. The van der Waals surface area contributed by atoms with Crippen LogP contribution in [0.15, 0.2) is 42.5 Å². The van der Waals surface area contributed by atoms with E-state index in [0.29, 0.717) is 41.2 Å². The highest BCUT2D eigenvalue weighted by molar-refractivity contribution is 6.21. The Morgan fingerprint density at radius 3 is 2.35 bits per heavy atom. The molecule has 0 aromatic heterocycles. The lowest BCUT2D eigenvalue weighted by Gasteiger charge is -2.32. The van der Waals surface area contributed by atoms with Crippen molar-refractivity contribution in [1.29, 1.82) is 0 Å². The predicted molar refractivity (Wildman–Crippen MR) is 114 cm³/mol. The normalized spacial score (nSPS) is 17.4. The van der Waals surface area contributed by atoms with Crippen molar-refractivity contribution >= 4 is 35.0 Å². The summed E-state index contributed by atoms with van der Waals surface area (Å²) in [7, 11) is 0. The summed E-state index contributed by atoms with van der Waals surface area (Å²) in [4.78, 5) is 52.2. The molecule has 8 nitrogen and oxygen atoms in total. The lowest BCUT2D eigenvalue weighted by molar-refractivity contribution is -0.125. The van der Waals surface area contributed by atoms with Crippen molar-refractivity contribution in [2.24, 2.45) is 0 Å². The Balaban J connectivity index is 1.34. The van der Waals surface area contributed by atoms with E-state index in [9.17, 15) is 19.2 Å². The Bertz CT molecular complexity index is 1050. The highest BCUT2D eigenvalue weighted by atomic mass is 16.5. The van der Waals surface area contributed by atoms with E-state index in [-0.39, 0.29) is 36.6 Å². The largest absolute Gasteiger partial charge is 0.479 e. The summed E-state index contributed by atoms with van der Waals surface area (Å²) in [6.07, 6.45) is -0.0760. The van der Waals surface area contributed by atoms with Crippen LogP contribution in [0, 0.1) is 0 Å². The Morgan fingerprint density at radius 2 is 1.71 bits per heavy atom. The highest BCUT2D eigenvalue weighted by Gasteiger charge is 2.34. The van der Waals surface area contributed by atoms with Gasteiger partial charge in [-0.15, -0.1) is 0 Å². The van der Waals surface area contributed by atoms with Gasteiger partial charge in [0.2, 0.25) is 5.91 Å². The van der Waals surface area contributed by atoms with Crippen LogP contribution < -0.4 is 15.0 Å². The molecule has 2 aliphatic heterocycles. The van der Waals surface area contributed by atoms with Gasteiger partial charge in [-0.1, -0.05) is 12.1 Å². The van der Waals surface area contributed by atoms with Crippen molar-refractivity contribution < 1.29 is 23.9 Å². The van der Waals surface area contributed by atoms with E-state index in [4.69, 9.17) is 4.74 Å². The fourth-order valence-corrected chi connectivity index (χ4v) is 3.88. The quantitative estimate of drug-likeness (QED) is 0.724. The number of hydrogen-bond donors (Lipinski definition) is 1. The van der Waals surface area contributed by atoms with Gasteiger partial charge >= 0.3 is 0 Å². The molecule has 0 spiro atoms. The minimum Gasteiger partial charge on any atom is -0.479 e. The van der Waals surface area contributed by atoms with Crippen LogP contribution in [-0.2, 0) is 9.59 Å². The molecule has 0 bridgehead atoms. The van der Waals surface area contributed by atoms with Crippen LogP contribution in [0.1, 0.15) is 47.4 Å². The second-order valence-corrected chi connectivity index (χ2v) is 7.48. The van der Waals surface area contributed by atoms with Gasteiger partial charge in [-0.05, 0) is 44.5 Å². The summed E-state index contributed by atoms with van der Waals surface area (Å²) in [5, 5.41) is 2.81. The lowest BCUT2D eigenvalue weighted by Crippen LogP contribution is -2.44. The zero-order chi connectivity index (χ0) is 22.1. The molecular weight excluding hydrogens is 398 g/mol. The number of nitrogens with one attached hydrogen (secondary N) is 1. The van der Waals surface area contributed by atoms with E-state index in [2.05, 4.69) is 5.32 Å². The number of anilines is 2. The van der Waals surface area contributed by atoms with Crippen LogP contribution in [0.5, 0.6) is 5.75 Å². The average molecular weight is 421 g/mol. The van der Waals surface area contributed by atoms with Crippen molar-refractivity contribution in [3.8, 4) is 5.75 Å². The van der Waals surface area contributed by atoms with Gasteiger partial charge in [0.15, 0.2) is 6.10 Å². The van der Waals surface area contributed by atoms with Gasteiger partial charge in [0.05, 0.1) is 16.8 Å². The summed E-state index contributed by atoms with van der Waals surface area (Å²) < 4.78 is 5.68. The number of rotatable bonds is 6. The molecular formula is C23H23N3O5. The molecule has 0 aliphatic carbocycles. The molecule has 0 saturated heterocycles. The maximum absolute atomic E-state index is 12.4. The van der Waals surface area contributed by atoms with Crippen LogP contribution >= 0.6 is 0 Å². The van der Waals surface area contributed by atoms with Gasteiger partial charge in [0.1, 0.15) is 5.75 Å². The SMILES string of the molecule is CCN1C(=O)C(C)Oc2cc(NC(=O)CCCN3C(=O)c4ccccc4C3=O)ccc21. The van der Waals surface area contributed by atoms with E-state index in [1.165, 1.54) is 4.90 Å². The van der Waals surface area contributed by atoms with Crippen LogP contribution in [0.4, 0.5) is 11.4 Å². The number of fused-ring (bicyclic) bond motifs is 2. The average Bonchev–Trinajstić information content (AvgIpc) is 3.00. The molecule has 0 saturated carbocycles. The lowest BCUT2D eigenvalue weighted by atomic mass is 10.1. The van der Waals surface area contributed by atoms with Gasteiger partial charge in [-0.2, -0.15) is 0 Å². The van der Waals surface area contributed by atoms with Crippen LogP contribution in [0.25, 0.3) is 0 Å². The summed E-state index contributed by atoms with van der Waals surface area (Å²) in [6, 6.07) is 11.9. The predicted octanol–water partition coefficient (Wildman–Crippen LogP) is 2.84. The van der Waals surface area contributed by atoms with Crippen LogP contribution in [-0.4, -0.2) is 47.7 Å². The first-order chi connectivity index (χ1) is 14.9. The van der Waals surface area contributed by atoms with Gasteiger partial charge in [0.25, 0.3) is 17.7 Å². The zero-order valence-corrected chi connectivity index (χ0v) is 17.4. The molecule has 1 N–H and O–H groups in total. The molecule has 0 fully saturated rings. The Hall–Kier alpha value is -3.68. The summed E-state index contributed by atoms with van der Waals surface area (Å²) in [6.45, 7) is 4.30. The van der Waals surface area contributed by atoms with Crippen LogP contribution in [0.3, 0.4) is 0 Å². The fourth-order valence-electron chi connectivity index (χ4n) is 3.88. The number of amides is 4. The first-order valence-corrected chi connectivity index (χ1v) is 10.3. The number of carbonyl (C=O) groups is 4. The van der Waals surface area contributed by atoms with E-state index in [0.717, 1.165) is 0 Å². The molecule has 2 aliphatic rings. The van der Waals surface area contributed by atoms with E-state index in [1.54, 1.807) is 54.3 Å². The maximum atomic E-state index is 12.4. The van der Waals surface area contributed by atoms with Crippen molar-refractivity contribution in [2.45, 2.75) is 32.8 Å². The van der Waals surface area contributed by atoms with Gasteiger partial charge in [-0.25, -0.2) is 0 Å². The third-order valence-corrected chi connectivity index (χ3v) is 5.43. The van der Waals surface area contributed by atoms with Crippen molar-refractivity contribution in [2.75, 3.05) is 23.3 Å². The second kappa shape index (κ2) is 8.22. The molecule has 2 aromatic carbocycles. The number of likely N-dealkylation sites (N-methyl/N-ethyl adjacent to an activating group) is 1. The maximum Gasteiger partial charge on any atom is 0.267 e. The molecule has 8 heteroatoms. The summed E-state index contributed by atoms with van der Waals surface area (Å²) in [5.74, 6) is -0.435. The number of ether oxygens (including phenoxy) is 1. The van der Waals surface area contributed by atoms with Crippen molar-refractivity contribution in [3.05, 3.63) is 53.6 Å². The fraction of sp³-hybridized carbons (Fsp3) is 0.304. The molecule has 4 amide bonds. The Kier molecular flexibility index (Phi) is 5.46. The Morgan fingerprint density at radius 1 is 1.03 bits per heavy atom. The smallest absolute Gasteiger partial charge is 0.267 e. The third-order valence-electron chi connectivity index (χ3n) is 5.43. The molecule has 2 aromatic rings. The topological polar surface area (TPSA) is 96.0 Å². The molecule has 31 heavy (non-hydrogen) atoms. The number of benzene rings is 2. The van der Waals surface area contributed by atoms with Gasteiger partial charge in [0, 0.05) is 31.3 Å². The van der Waals surface area contributed by atoms with Gasteiger partial charge < -0.3 is 15.0 Å². The van der Waals surface area contributed by atoms with E-state index >= 15 is 0 Å². The van der Waals surface area contributed by atoms with Gasteiger partial charge in [-0.3, -0.25) is 24.1 Å².